The van der Waals surface area contributed by atoms with Crippen molar-refractivity contribution in [2.24, 2.45) is 0 Å². The summed E-state index contributed by atoms with van der Waals surface area (Å²) >= 11 is 0. The van der Waals surface area contributed by atoms with E-state index in [4.69, 9.17) is 4.98 Å². The second kappa shape index (κ2) is 9.82. The standard InChI is InChI=1S/C29H32N6O/c1-34-15-11-20(12-16-34)21-8-9-27-26(17-21)32-29(35(27)24-6-2-3-7-24)33-28(36)22-10-14-31-25(18-22)23-5-4-13-30-19-23/h4-5,8-10,13-14,17-20,24H,2-3,6-7,11-12,15-16H2,1H3,(H,32,33,36). The third-order valence-electron chi connectivity index (χ3n) is 7.80. The highest BCUT2D eigenvalue weighted by Crippen LogP contribution is 2.37. The molecule has 4 heterocycles. The van der Waals surface area contributed by atoms with Gasteiger partial charge in [0.1, 0.15) is 0 Å². The van der Waals surface area contributed by atoms with Crippen LogP contribution in [0.2, 0.25) is 0 Å². The topological polar surface area (TPSA) is 75.9 Å². The quantitative estimate of drug-likeness (QED) is 0.398. The molecule has 1 amide bonds. The minimum absolute atomic E-state index is 0.173. The minimum atomic E-state index is -0.173. The summed E-state index contributed by atoms with van der Waals surface area (Å²) in [7, 11) is 2.19. The molecule has 1 saturated carbocycles. The fourth-order valence-corrected chi connectivity index (χ4v) is 5.75. The molecule has 1 aromatic carbocycles. The lowest BCUT2D eigenvalue weighted by Crippen LogP contribution is -2.29. The molecule has 3 aromatic heterocycles. The number of anilines is 1. The van der Waals surface area contributed by atoms with Crippen molar-refractivity contribution in [1.29, 1.82) is 0 Å². The van der Waals surface area contributed by atoms with E-state index in [2.05, 4.69) is 50.0 Å². The minimum Gasteiger partial charge on any atom is -0.307 e. The Kier molecular flexibility index (Phi) is 6.23. The number of hydrogen-bond donors (Lipinski definition) is 1. The lowest BCUT2D eigenvalue weighted by atomic mass is 9.89. The van der Waals surface area contributed by atoms with Crippen molar-refractivity contribution < 1.29 is 4.79 Å². The molecule has 7 nitrogen and oxygen atoms in total. The average molecular weight is 481 g/mol. The van der Waals surface area contributed by atoms with E-state index in [0.717, 1.165) is 48.2 Å². The third kappa shape index (κ3) is 4.51. The number of carbonyl (C=O) groups is 1. The van der Waals surface area contributed by atoms with E-state index in [9.17, 15) is 4.79 Å². The lowest BCUT2D eigenvalue weighted by molar-refractivity contribution is 0.102. The molecule has 0 atom stereocenters. The van der Waals surface area contributed by atoms with Gasteiger partial charge >= 0.3 is 0 Å². The number of pyridine rings is 2. The Bertz CT molecular complexity index is 1370. The highest BCUT2D eigenvalue weighted by molar-refractivity contribution is 6.04. The Morgan fingerprint density at radius 2 is 1.83 bits per heavy atom. The van der Waals surface area contributed by atoms with Gasteiger partial charge in [-0.15, -0.1) is 0 Å². The van der Waals surface area contributed by atoms with Gasteiger partial charge in [0, 0.05) is 35.8 Å². The van der Waals surface area contributed by atoms with E-state index < -0.39 is 0 Å². The molecule has 0 bridgehead atoms. The van der Waals surface area contributed by atoms with Crippen molar-refractivity contribution in [1.82, 2.24) is 24.4 Å². The molecule has 184 valence electrons. The summed E-state index contributed by atoms with van der Waals surface area (Å²) in [4.78, 5) is 29.3. The van der Waals surface area contributed by atoms with E-state index >= 15 is 0 Å². The number of imidazole rings is 1. The smallest absolute Gasteiger partial charge is 0.258 e. The summed E-state index contributed by atoms with van der Waals surface area (Å²) in [5, 5.41) is 3.14. The van der Waals surface area contributed by atoms with E-state index in [1.807, 2.05) is 18.2 Å². The van der Waals surface area contributed by atoms with Crippen LogP contribution >= 0.6 is 0 Å². The largest absolute Gasteiger partial charge is 0.307 e. The molecule has 0 unspecified atom stereocenters. The van der Waals surface area contributed by atoms with Crippen molar-refractivity contribution in [3.8, 4) is 11.3 Å². The predicted molar refractivity (Wildman–Crippen MR) is 142 cm³/mol. The van der Waals surface area contributed by atoms with E-state index in [1.54, 1.807) is 24.7 Å². The predicted octanol–water partition coefficient (Wildman–Crippen LogP) is 5.67. The Morgan fingerprint density at radius 1 is 1.00 bits per heavy atom. The summed E-state index contributed by atoms with van der Waals surface area (Å²) < 4.78 is 2.27. The first-order chi connectivity index (χ1) is 17.7. The molecule has 2 fully saturated rings. The van der Waals surface area contributed by atoms with Crippen LogP contribution in [0.1, 0.15) is 66.4 Å². The molecule has 1 N–H and O–H groups in total. The molecule has 1 aliphatic carbocycles. The van der Waals surface area contributed by atoms with Crippen LogP contribution in [0.5, 0.6) is 0 Å². The Labute approximate surface area is 211 Å². The zero-order valence-electron chi connectivity index (χ0n) is 20.7. The second-order valence-electron chi connectivity index (χ2n) is 10.2. The van der Waals surface area contributed by atoms with Crippen LogP contribution in [0, 0.1) is 0 Å². The number of nitrogens with one attached hydrogen (secondary N) is 1. The van der Waals surface area contributed by atoms with Crippen LogP contribution in [-0.2, 0) is 0 Å². The monoisotopic (exact) mass is 480 g/mol. The van der Waals surface area contributed by atoms with Gasteiger partial charge in [-0.25, -0.2) is 4.98 Å². The van der Waals surface area contributed by atoms with E-state index in [1.165, 1.54) is 31.2 Å². The number of likely N-dealkylation sites (tertiary alicyclic amines) is 1. The maximum absolute atomic E-state index is 13.4. The summed E-state index contributed by atoms with van der Waals surface area (Å²) in [6.45, 7) is 2.26. The van der Waals surface area contributed by atoms with Crippen LogP contribution in [0.25, 0.3) is 22.3 Å². The molecule has 4 aromatic rings. The van der Waals surface area contributed by atoms with Gasteiger partial charge < -0.3 is 9.47 Å². The van der Waals surface area contributed by atoms with Gasteiger partial charge in [0.25, 0.3) is 5.91 Å². The van der Waals surface area contributed by atoms with Gasteiger partial charge in [0.15, 0.2) is 0 Å². The molecular weight excluding hydrogens is 448 g/mol. The van der Waals surface area contributed by atoms with Crippen LogP contribution in [0.15, 0.2) is 61.1 Å². The van der Waals surface area contributed by atoms with Crippen molar-refractivity contribution in [3.05, 3.63) is 72.2 Å². The number of fused-ring (bicyclic) bond motifs is 1. The molecule has 1 aliphatic heterocycles. The van der Waals surface area contributed by atoms with E-state index in [-0.39, 0.29) is 5.91 Å². The van der Waals surface area contributed by atoms with Gasteiger partial charge in [-0.2, -0.15) is 0 Å². The highest BCUT2D eigenvalue weighted by Gasteiger charge is 2.25. The Balaban J connectivity index is 1.32. The first-order valence-electron chi connectivity index (χ1n) is 13.0. The molecule has 2 aliphatic rings. The molecule has 7 heteroatoms. The highest BCUT2D eigenvalue weighted by atomic mass is 16.1. The van der Waals surface area contributed by atoms with Crippen molar-refractivity contribution in [3.63, 3.8) is 0 Å². The average Bonchev–Trinajstić information content (AvgIpc) is 3.57. The molecule has 1 saturated heterocycles. The number of nitrogens with zero attached hydrogens (tertiary/aromatic N) is 5. The Hall–Kier alpha value is -3.58. The first-order valence-corrected chi connectivity index (χ1v) is 13.0. The summed E-state index contributed by atoms with van der Waals surface area (Å²) in [6, 6.07) is 14.5. The number of amides is 1. The van der Waals surface area contributed by atoms with Gasteiger partial charge in [0.05, 0.1) is 16.7 Å². The van der Waals surface area contributed by atoms with Crippen LogP contribution in [-0.4, -0.2) is 50.5 Å². The first kappa shape index (κ1) is 22.9. The van der Waals surface area contributed by atoms with Crippen LogP contribution in [0.3, 0.4) is 0 Å². The normalized spacial score (nSPS) is 17.6. The fourth-order valence-electron chi connectivity index (χ4n) is 5.75. The van der Waals surface area contributed by atoms with Crippen LogP contribution in [0.4, 0.5) is 5.95 Å². The third-order valence-corrected chi connectivity index (χ3v) is 7.80. The Morgan fingerprint density at radius 3 is 2.61 bits per heavy atom. The lowest BCUT2D eigenvalue weighted by Gasteiger charge is -2.29. The van der Waals surface area contributed by atoms with Crippen LogP contribution < -0.4 is 5.32 Å². The molecule has 36 heavy (non-hydrogen) atoms. The summed E-state index contributed by atoms with van der Waals surface area (Å²) in [5.41, 5.74) is 5.61. The number of rotatable bonds is 5. The molecular formula is C29H32N6O. The van der Waals surface area contributed by atoms with Crippen molar-refractivity contribution in [2.75, 3.05) is 25.5 Å². The number of piperidine rings is 1. The number of benzene rings is 1. The van der Waals surface area contributed by atoms with E-state index in [0.29, 0.717) is 23.5 Å². The van der Waals surface area contributed by atoms with Crippen molar-refractivity contribution >= 4 is 22.9 Å². The molecule has 0 spiro atoms. The van der Waals surface area contributed by atoms with Gasteiger partial charge in [-0.3, -0.25) is 20.1 Å². The summed E-state index contributed by atoms with van der Waals surface area (Å²) in [5.74, 6) is 1.04. The van der Waals surface area contributed by atoms with Gasteiger partial charge in [-0.05, 0) is 93.7 Å². The zero-order valence-corrected chi connectivity index (χ0v) is 20.7. The van der Waals surface area contributed by atoms with Gasteiger partial charge in [-0.1, -0.05) is 18.9 Å². The van der Waals surface area contributed by atoms with Gasteiger partial charge in [0.2, 0.25) is 5.95 Å². The maximum atomic E-state index is 13.4. The fraction of sp³-hybridized carbons (Fsp3) is 0.379. The zero-order chi connectivity index (χ0) is 24.5. The summed E-state index contributed by atoms with van der Waals surface area (Å²) in [6.07, 6.45) is 12.2. The number of aromatic nitrogens is 4. The SMILES string of the molecule is CN1CCC(c2ccc3c(c2)nc(NC(=O)c2ccnc(-c4cccnc4)c2)n3C2CCCC2)CC1. The second-order valence-corrected chi connectivity index (χ2v) is 10.2. The maximum Gasteiger partial charge on any atom is 0.258 e. The molecule has 0 radical (unpaired) electrons. The number of carbonyl (C=O) groups excluding carboxylic acids is 1. The number of hydrogen-bond acceptors (Lipinski definition) is 5. The van der Waals surface area contributed by atoms with Crippen molar-refractivity contribution in [2.45, 2.75) is 50.5 Å². The molecule has 6 rings (SSSR count).